The second-order valence-electron chi connectivity index (χ2n) is 6.21. The smallest absolute Gasteiger partial charge is 0.0702 e. The van der Waals surface area contributed by atoms with Crippen LogP contribution in [0, 0.1) is 0 Å². The minimum Gasteiger partial charge on any atom is -0.311 e. The summed E-state index contributed by atoms with van der Waals surface area (Å²) in [5.41, 5.74) is 6.28. The minimum absolute atomic E-state index is 0.532. The molecule has 0 radical (unpaired) electrons. The Balaban J connectivity index is 1.49. The van der Waals surface area contributed by atoms with E-state index in [2.05, 4.69) is 51.9 Å². The van der Waals surface area contributed by atoms with Gasteiger partial charge in [-0.1, -0.05) is 30.8 Å². The number of hydrogen-bond acceptors (Lipinski definition) is 5. The lowest BCUT2D eigenvalue weighted by molar-refractivity contribution is 0.225. The monoisotopic (exact) mass is 343 g/mol. The third-order valence-corrected chi connectivity index (χ3v) is 5.44. The fourth-order valence-electron chi connectivity index (χ4n) is 2.99. The zero-order valence-electron chi connectivity index (χ0n) is 13.9. The quantitative estimate of drug-likeness (QED) is 0.507. The number of nitrogens with zero attached hydrogens (tertiary/aromatic N) is 1. The zero-order valence-corrected chi connectivity index (χ0v) is 14.7. The maximum atomic E-state index is 8.92. The van der Waals surface area contributed by atoms with Gasteiger partial charge in [-0.3, -0.25) is 10.7 Å². The Bertz CT molecular complexity index is 660. The first-order chi connectivity index (χ1) is 11.8. The highest BCUT2D eigenvalue weighted by Gasteiger charge is 2.10. The Hall–Kier alpha value is -1.66. The molecule has 0 atom stereocenters. The van der Waals surface area contributed by atoms with Gasteiger partial charge in [-0.2, -0.15) is 0 Å². The lowest BCUT2D eigenvalue weighted by Crippen LogP contribution is -2.29. The average Bonchev–Trinajstić information content (AvgIpc) is 3.30. The Kier molecular flexibility index (Phi) is 6.04. The van der Waals surface area contributed by atoms with Crippen molar-refractivity contribution in [1.29, 1.82) is 0 Å². The standard InChI is InChI=1S/C19H25N3OS/c1-15(21-23)19-12-18(14-24-19)17-6-4-16(5-7-17)13-20-8-11-22-9-2-3-10-22/h4-7,12,14,20-21,23H,1-3,8-11,13H2. The molecule has 2 aromatic rings. The molecule has 1 aromatic carbocycles. The van der Waals surface area contributed by atoms with Crippen LogP contribution >= 0.6 is 11.3 Å². The van der Waals surface area contributed by atoms with Gasteiger partial charge in [-0.25, -0.2) is 0 Å². The SMILES string of the molecule is C=C(NO)c1cc(-c2ccc(CNCCN3CCCC3)cc2)cs1. The van der Waals surface area contributed by atoms with E-state index in [1.165, 1.54) is 37.1 Å². The van der Waals surface area contributed by atoms with Crippen molar-refractivity contribution < 1.29 is 5.21 Å². The summed E-state index contributed by atoms with van der Waals surface area (Å²) in [4.78, 5) is 3.47. The fraction of sp³-hybridized carbons (Fsp3) is 0.368. The van der Waals surface area contributed by atoms with Gasteiger partial charge in [-0.05, 0) is 54.1 Å². The molecule has 0 bridgehead atoms. The van der Waals surface area contributed by atoms with Crippen LogP contribution in [0.5, 0.6) is 0 Å². The van der Waals surface area contributed by atoms with Crippen LogP contribution in [0.15, 0.2) is 42.3 Å². The molecule has 1 fully saturated rings. The van der Waals surface area contributed by atoms with Crippen molar-refractivity contribution in [2.75, 3.05) is 26.2 Å². The van der Waals surface area contributed by atoms with E-state index in [1.54, 1.807) is 11.3 Å². The molecular formula is C19H25N3OS. The highest BCUT2D eigenvalue weighted by molar-refractivity contribution is 7.11. The van der Waals surface area contributed by atoms with Crippen molar-refractivity contribution in [2.45, 2.75) is 19.4 Å². The van der Waals surface area contributed by atoms with Gasteiger partial charge in [0, 0.05) is 19.6 Å². The first kappa shape index (κ1) is 17.2. The van der Waals surface area contributed by atoms with Crippen molar-refractivity contribution >= 4 is 17.0 Å². The molecule has 1 saturated heterocycles. The number of benzene rings is 1. The van der Waals surface area contributed by atoms with Crippen LogP contribution in [0.3, 0.4) is 0 Å². The van der Waals surface area contributed by atoms with Crippen LogP contribution in [0.1, 0.15) is 23.3 Å². The molecule has 0 spiro atoms. The van der Waals surface area contributed by atoms with Crippen molar-refractivity contribution in [2.24, 2.45) is 0 Å². The van der Waals surface area contributed by atoms with Gasteiger partial charge in [-0.15, -0.1) is 11.3 Å². The van der Waals surface area contributed by atoms with Gasteiger partial charge in [0.15, 0.2) is 0 Å². The Morgan fingerprint density at radius 3 is 2.62 bits per heavy atom. The van der Waals surface area contributed by atoms with E-state index in [4.69, 9.17) is 5.21 Å². The molecule has 1 aliphatic heterocycles. The fourth-order valence-corrected chi connectivity index (χ4v) is 3.83. The number of hydroxylamine groups is 1. The van der Waals surface area contributed by atoms with Crippen molar-refractivity contribution in [1.82, 2.24) is 15.7 Å². The minimum atomic E-state index is 0.532. The predicted molar refractivity (Wildman–Crippen MR) is 101 cm³/mol. The van der Waals surface area contributed by atoms with E-state index in [-0.39, 0.29) is 0 Å². The number of nitrogens with one attached hydrogen (secondary N) is 2. The number of rotatable bonds is 8. The highest BCUT2D eigenvalue weighted by atomic mass is 32.1. The molecule has 0 aliphatic carbocycles. The van der Waals surface area contributed by atoms with Gasteiger partial charge < -0.3 is 10.2 Å². The van der Waals surface area contributed by atoms with Crippen molar-refractivity contribution in [3.63, 3.8) is 0 Å². The summed E-state index contributed by atoms with van der Waals surface area (Å²) in [6, 6.07) is 10.7. The van der Waals surface area contributed by atoms with Crippen LogP contribution in [-0.2, 0) is 6.54 Å². The predicted octanol–water partition coefficient (Wildman–Crippen LogP) is 3.55. The zero-order chi connectivity index (χ0) is 16.8. The number of thiophene rings is 1. The molecule has 1 aliphatic rings. The maximum Gasteiger partial charge on any atom is 0.0702 e. The number of hydrogen-bond donors (Lipinski definition) is 3. The molecule has 3 N–H and O–H groups in total. The molecule has 4 nitrogen and oxygen atoms in total. The summed E-state index contributed by atoms with van der Waals surface area (Å²) in [6.07, 6.45) is 2.71. The Labute approximate surface area is 147 Å². The van der Waals surface area contributed by atoms with E-state index in [0.717, 1.165) is 30.1 Å². The number of likely N-dealkylation sites (tertiary alicyclic amines) is 1. The third-order valence-electron chi connectivity index (χ3n) is 4.45. The molecule has 2 heterocycles. The van der Waals surface area contributed by atoms with E-state index in [0.29, 0.717) is 5.70 Å². The molecular weight excluding hydrogens is 318 g/mol. The van der Waals surface area contributed by atoms with Crippen LogP contribution < -0.4 is 10.8 Å². The van der Waals surface area contributed by atoms with Gasteiger partial charge in [0.2, 0.25) is 0 Å². The summed E-state index contributed by atoms with van der Waals surface area (Å²) in [5.74, 6) is 0. The summed E-state index contributed by atoms with van der Waals surface area (Å²) in [6.45, 7) is 9.40. The normalized spacial score (nSPS) is 14.9. The summed E-state index contributed by atoms with van der Waals surface area (Å²) >= 11 is 1.57. The van der Waals surface area contributed by atoms with Crippen molar-refractivity contribution in [3.8, 4) is 11.1 Å². The van der Waals surface area contributed by atoms with Crippen LogP contribution in [0.4, 0.5) is 0 Å². The van der Waals surface area contributed by atoms with Gasteiger partial charge in [0.25, 0.3) is 0 Å². The molecule has 24 heavy (non-hydrogen) atoms. The summed E-state index contributed by atoms with van der Waals surface area (Å²) in [7, 11) is 0. The van der Waals surface area contributed by atoms with Crippen molar-refractivity contribution in [3.05, 3.63) is 52.7 Å². The molecule has 0 amide bonds. The molecule has 0 saturated carbocycles. The third kappa shape index (κ3) is 4.45. The maximum absolute atomic E-state index is 8.92. The second kappa shape index (κ2) is 8.44. The lowest BCUT2D eigenvalue weighted by Gasteiger charge is -2.14. The van der Waals surface area contributed by atoms with E-state index < -0.39 is 0 Å². The summed E-state index contributed by atoms with van der Waals surface area (Å²) in [5, 5.41) is 14.5. The van der Waals surface area contributed by atoms with Gasteiger partial charge >= 0.3 is 0 Å². The first-order valence-corrected chi connectivity index (χ1v) is 9.34. The van der Waals surface area contributed by atoms with Crippen LogP contribution in [0.2, 0.25) is 0 Å². The lowest BCUT2D eigenvalue weighted by atomic mass is 10.1. The van der Waals surface area contributed by atoms with E-state index >= 15 is 0 Å². The van der Waals surface area contributed by atoms with E-state index in [1.807, 2.05) is 6.07 Å². The molecule has 5 heteroatoms. The van der Waals surface area contributed by atoms with Crippen LogP contribution in [-0.4, -0.2) is 36.3 Å². The average molecular weight is 343 g/mol. The van der Waals surface area contributed by atoms with Gasteiger partial charge in [0.05, 0.1) is 10.6 Å². The largest absolute Gasteiger partial charge is 0.311 e. The summed E-state index contributed by atoms with van der Waals surface area (Å²) < 4.78 is 0. The van der Waals surface area contributed by atoms with Crippen LogP contribution in [0.25, 0.3) is 16.8 Å². The Morgan fingerprint density at radius 1 is 1.17 bits per heavy atom. The first-order valence-electron chi connectivity index (χ1n) is 8.46. The molecule has 3 rings (SSSR count). The molecule has 0 unspecified atom stereocenters. The topological polar surface area (TPSA) is 47.5 Å². The van der Waals surface area contributed by atoms with Gasteiger partial charge in [0.1, 0.15) is 0 Å². The highest BCUT2D eigenvalue weighted by Crippen LogP contribution is 2.28. The second-order valence-corrected chi connectivity index (χ2v) is 7.12. The molecule has 1 aromatic heterocycles. The Morgan fingerprint density at radius 2 is 1.92 bits per heavy atom. The van der Waals surface area contributed by atoms with E-state index in [9.17, 15) is 0 Å². The molecule has 128 valence electrons.